The highest BCUT2D eigenvalue weighted by atomic mass is 16.5. The maximum Gasteiger partial charge on any atom is 0.333 e. The standard InChI is InChI=1S/C28H40O5/c1-15-12-22(33-25(32)16(15)2)17(3)19-6-7-20-18-13-24(31)28(14-29)11-9-23(30)27(28,5)21(18)8-10-26(19,20)4/h14,17-22,24,31H,6-13H2,1-5H3. The van der Waals surface area contributed by atoms with Gasteiger partial charge >= 0.3 is 5.97 Å². The first kappa shape index (κ1) is 23.3. The molecule has 4 fully saturated rings. The minimum Gasteiger partial charge on any atom is -0.458 e. The van der Waals surface area contributed by atoms with Crippen LogP contribution in [0.3, 0.4) is 0 Å². The maximum absolute atomic E-state index is 13.2. The zero-order chi connectivity index (χ0) is 23.9. The molecule has 4 aliphatic carbocycles. The monoisotopic (exact) mass is 456 g/mol. The molecule has 0 aromatic rings. The normalized spacial score (nSPS) is 50.4. The van der Waals surface area contributed by atoms with Crippen LogP contribution in [0, 0.1) is 45.8 Å². The van der Waals surface area contributed by atoms with Crippen molar-refractivity contribution in [2.45, 2.75) is 98.2 Å². The number of aldehydes is 1. The second-order valence-electron chi connectivity index (χ2n) is 12.6. The number of cyclic esters (lactones) is 1. The van der Waals surface area contributed by atoms with Crippen molar-refractivity contribution in [3.63, 3.8) is 0 Å². The Bertz CT molecular complexity index is 921. The number of ether oxygens (including phenoxy) is 1. The van der Waals surface area contributed by atoms with E-state index < -0.39 is 16.9 Å². The fraction of sp³-hybridized carbons (Fsp3) is 0.821. The number of aliphatic hydroxyl groups is 1. The van der Waals surface area contributed by atoms with Crippen LogP contribution in [0.25, 0.3) is 0 Å². The molecule has 10 unspecified atom stereocenters. The van der Waals surface area contributed by atoms with Gasteiger partial charge < -0.3 is 14.6 Å². The molecular weight excluding hydrogens is 416 g/mol. The van der Waals surface area contributed by atoms with E-state index in [1.165, 1.54) is 0 Å². The molecule has 182 valence electrons. The van der Waals surface area contributed by atoms with Gasteiger partial charge in [0.25, 0.3) is 0 Å². The Morgan fingerprint density at radius 2 is 1.82 bits per heavy atom. The third-order valence-corrected chi connectivity index (χ3v) is 11.8. The molecule has 1 N–H and O–H groups in total. The number of esters is 1. The highest BCUT2D eigenvalue weighted by Gasteiger charge is 2.71. The van der Waals surface area contributed by atoms with E-state index in [-0.39, 0.29) is 41.0 Å². The molecular formula is C28H40O5. The highest BCUT2D eigenvalue weighted by molar-refractivity contribution is 5.93. The van der Waals surface area contributed by atoms with E-state index >= 15 is 0 Å². The molecule has 0 radical (unpaired) electrons. The van der Waals surface area contributed by atoms with Crippen molar-refractivity contribution >= 4 is 18.0 Å². The summed E-state index contributed by atoms with van der Waals surface area (Å²) in [6.07, 6.45) is 6.64. The van der Waals surface area contributed by atoms with Crippen LogP contribution in [-0.2, 0) is 19.1 Å². The van der Waals surface area contributed by atoms with Gasteiger partial charge in [0, 0.05) is 23.8 Å². The Kier molecular flexibility index (Phi) is 5.29. The van der Waals surface area contributed by atoms with Crippen LogP contribution in [0.5, 0.6) is 0 Å². The average Bonchev–Trinajstić information content (AvgIpc) is 3.27. The van der Waals surface area contributed by atoms with Crippen LogP contribution in [0.1, 0.15) is 86.0 Å². The van der Waals surface area contributed by atoms with Crippen molar-refractivity contribution in [1.29, 1.82) is 0 Å². The van der Waals surface area contributed by atoms with Gasteiger partial charge in [0.2, 0.25) is 0 Å². The second kappa shape index (κ2) is 7.50. The topological polar surface area (TPSA) is 80.7 Å². The van der Waals surface area contributed by atoms with E-state index in [0.717, 1.165) is 49.5 Å². The molecule has 0 aromatic heterocycles. The van der Waals surface area contributed by atoms with Gasteiger partial charge in [-0.2, -0.15) is 0 Å². The van der Waals surface area contributed by atoms with Crippen LogP contribution >= 0.6 is 0 Å². The van der Waals surface area contributed by atoms with Gasteiger partial charge in [-0.3, -0.25) is 4.79 Å². The number of carbonyl (C=O) groups excluding carboxylic acids is 3. The largest absolute Gasteiger partial charge is 0.458 e. The predicted molar refractivity (Wildman–Crippen MR) is 124 cm³/mol. The van der Waals surface area contributed by atoms with Gasteiger partial charge in [-0.05, 0) is 87.4 Å². The lowest BCUT2D eigenvalue weighted by Crippen LogP contribution is -2.62. The zero-order valence-electron chi connectivity index (χ0n) is 20.9. The van der Waals surface area contributed by atoms with Gasteiger partial charge in [-0.1, -0.05) is 26.3 Å². The molecule has 4 saturated carbocycles. The molecule has 0 bridgehead atoms. The Morgan fingerprint density at radius 3 is 2.48 bits per heavy atom. The minimum absolute atomic E-state index is 0.0758. The van der Waals surface area contributed by atoms with Crippen LogP contribution < -0.4 is 0 Å². The molecule has 1 aliphatic heterocycles. The summed E-state index contributed by atoms with van der Waals surface area (Å²) in [5, 5.41) is 11.3. The molecule has 5 rings (SSSR count). The Labute approximate surface area is 197 Å². The van der Waals surface area contributed by atoms with E-state index in [1.54, 1.807) is 0 Å². The van der Waals surface area contributed by atoms with E-state index in [2.05, 4.69) is 13.8 Å². The Hall–Kier alpha value is -1.49. The average molecular weight is 457 g/mol. The quantitative estimate of drug-likeness (QED) is 0.494. The number of carbonyl (C=O) groups is 3. The first-order valence-corrected chi connectivity index (χ1v) is 13.1. The number of Topliss-reactive ketones (excluding diaryl/α,β-unsaturated/α-hetero) is 1. The number of hydrogen-bond donors (Lipinski definition) is 1. The molecule has 0 aromatic carbocycles. The lowest BCUT2D eigenvalue weighted by Gasteiger charge is -2.61. The lowest BCUT2D eigenvalue weighted by atomic mass is 9.43. The van der Waals surface area contributed by atoms with Gasteiger partial charge in [0.1, 0.15) is 18.2 Å². The SMILES string of the molecule is CC1=C(C)C(=O)OC(C(C)C2CCC3C4CC(O)C5(C=O)CCC(=O)C5(C)C4CCC23C)C1. The molecule has 10 atom stereocenters. The third-order valence-electron chi connectivity index (χ3n) is 11.8. The van der Waals surface area contributed by atoms with Crippen molar-refractivity contribution in [2.24, 2.45) is 45.8 Å². The summed E-state index contributed by atoms with van der Waals surface area (Å²) < 4.78 is 5.89. The maximum atomic E-state index is 13.2. The third kappa shape index (κ3) is 2.84. The predicted octanol–water partition coefficient (Wildman–Crippen LogP) is 4.65. The van der Waals surface area contributed by atoms with E-state index in [1.807, 2.05) is 20.8 Å². The van der Waals surface area contributed by atoms with Gasteiger partial charge in [-0.25, -0.2) is 4.79 Å². The number of ketones is 1. The zero-order valence-corrected chi connectivity index (χ0v) is 20.9. The Balaban J connectivity index is 1.43. The molecule has 0 saturated heterocycles. The first-order valence-electron chi connectivity index (χ1n) is 13.1. The van der Waals surface area contributed by atoms with E-state index in [0.29, 0.717) is 31.1 Å². The smallest absolute Gasteiger partial charge is 0.333 e. The lowest BCUT2D eigenvalue weighted by molar-refractivity contribution is -0.186. The number of fused-ring (bicyclic) bond motifs is 5. The fourth-order valence-corrected chi connectivity index (χ4v) is 9.58. The first-order chi connectivity index (χ1) is 15.5. The molecule has 5 heteroatoms. The molecule has 5 aliphatic rings. The van der Waals surface area contributed by atoms with Gasteiger partial charge in [0.15, 0.2) is 0 Å². The van der Waals surface area contributed by atoms with Crippen LogP contribution in [0.15, 0.2) is 11.1 Å². The van der Waals surface area contributed by atoms with Crippen LogP contribution in [0.4, 0.5) is 0 Å². The van der Waals surface area contributed by atoms with Crippen molar-refractivity contribution in [1.82, 2.24) is 0 Å². The summed E-state index contributed by atoms with van der Waals surface area (Å²) in [4.78, 5) is 37.9. The van der Waals surface area contributed by atoms with E-state index in [4.69, 9.17) is 4.74 Å². The number of aliphatic hydroxyl groups excluding tert-OH is 1. The van der Waals surface area contributed by atoms with Crippen molar-refractivity contribution < 1.29 is 24.2 Å². The highest BCUT2D eigenvalue weighted by Crippen LogP contribution is 2.71. The molecule has 0 amide bonds. The summed E-state index contributed by atoms with van der Waals surface area (Å²) >= 11 is 0. The second-order valence-corrected chi connectivity index (χ2v) is 12.6. The minimum atomic E-state index is -0.900. The Morgan fingerprint density at radius 1 is 1.09 bits per heavy atom. The number of hydrogen-bond acceptors (Lipinski definition) is 5. The molecule has 0 spiro atoms. The van der Waals surface area contributed by atoms with Crippen molar-refractivity contribution in [3.05, 3.63) is 11.1 Å². The van der Waals surface area contributed by atoms with Crippen LogP contribution in [0.2, 0.25) is 0 Å². The summed E-state index contributed by atoms with van der Waals surface area (Å²) in [6.45, 7) is 10.6. The summed E-state index contributed by atoms with van der Waals surface area (Å²) in [6, 6.07) is 0. The van der Waals surface area contributed by atoms with Gasteiger partial charge in [-0.15, -0.1) is 0 Å². The van der Waals surface area contributed by atoms with Crippen LogP contribution in [-0.4, -0.2) is 35.4 Å². The number of rotatable bonds is 3. The van der Waals surface area contributed by atoms with Gasteiger partial charge in [0.05, 0.1) is 11.5 Å². The molecule has 1 heterocycles. The van der Waals surface area contributed by atoms with Crippen molar-refractivity contribution in [2.75, 3.05) is 0 Å². The summed E-state index contributed by atoms with van der Waals surface area (Å²) in [5.41, 5.74) is 0.359. The molecule has 33 heavy (non-hydrogen) atoms. The summed E-state index contributed by atoms with van der Waals surface area (Å²) in [7, 11) is 0. The molecule has 5 nitrogen and oxygen atoms in total. The fourth-order valence-electron chi connectivity index (χ4n) is 9.58. The van der Waals surface area contributed by atoms with E-state index in [9.17, 15) is 19.5 Å². The summed E-state index contributed by atoms with van der Waals surface area (Å²) in [5.74, 6) is 1.62. The van der Waals surface area contributed by atoms with Crippen molar-refractivity contribution in [3.8, 4) is 0 Å².